The maximum atomic E-state index is 8.91. The highest BCUT2D eigenvalue weighted by molar-refractivity contribution is 7.11. The normalized spacial score (nSPS) is 20.4. The molecule has 1 saturated heterocycles. The number of benzene rings is 1. The highest BCUT2D eigenvalue weighted by Crippen LogP contribution is 2.31. The topological polar surface area (TPSA) is 49.2 Å². The molecule has 2 aromatic rings. The lowest BCUT2D eigenvalue weighted by Gasteiger charge is -2.30. The van der Waals surface area contributed by atoms with Crippen molar-refractivity contribution < 1.29 is 4.74 Å². The fourth-order valence-corrected chi connectivity index (χ4v) is 2.91. The van der Waals surface area contributed by atoms with Crippen LogP contribution in [0.25, 0.3) is 10.9 Å². The van der Waals surface area contributed by atoms with E-state index in [1.165, 1.54) is 11.5 Å². The van der Waals surface area contributed by atoms with E-state index in [1.54, 1.807) is 0 Å². The van der Waals surface area contributed by atoms with Crippen molar-refractivity contribution in [3.05, 3.63) is 24.3 Å². The van der Waals surface area contributed by atoms with E-state index < -0.39 is 0 Å². The van der Waals surface area contributed by atoms with Crippen LogP contribution in [0.3, 0.4) is 0 Å². The first-order valence-electron chi connectivity index (χ1n) is 5.49. The lowest BCUT2D eigenvalue weighted by molar-refractivity contribution is 0.0768. The summed E-state index contributed by atoms with van der Waals surface area (Å²) in [6, 6.07) is 10.3. The van der Waals surface area contributed by atoms with E-state index in [0.29, 0.717) is 13.2 Å². The van der Waals surface area contributed by atoms with Crippen molar-refractivity contribution in [3.63, 3.8) is 0 Å². The summed E-state index contributed by atoms with van der Waals surface area (Å²) in [5.74, 6) is 0. The molecule has 3 rings (SSSR count). The summed E-state index contributed by atoms with van der Waals surface area (Å²) < 4.78 is 9.77. The summed E-state index contributed by atoms with van der Waals surface area (Å²) in [5.41, 5.74) is 1.02. The van der Waals surface area contributed by atoms with E-state index in [9.17, 15) is 0 Å². The van der Waals surface area contributed by atoms with Gasteiger partial charge in [0.1, 0.15) is 5.00 Å². The first-order valence-corrected chi connectivity index (χ1v) is 6.26. The zero-order valence-corrected chi connectivity index (χ0v) is 9.98. The number of fused-ring (bicyclic) bond motifs is 1. The molecule has 0 spiro atoms. The van der Waals surface area contributed by atoms with E-state index in [2.05, 4.69) is 21.4 Å². The van der Waals surface area contributed by atoms with Gasteiger partial charge in [0, 0.05) is 11.9 Å². The quantitative estimate of drug-likeness (QED) is 0.771. The van der Waals surface area contributed by atoms with Gasteiger partial charge < -0.3 is 9.64 Å². The molecule has 0 N–H and O–H groups in total. The van der Waals surface area contributed by atoms with Gasteiger partial charge in [0.15, 0.2) is 6.10 Å². The molecule has 0 radical (unpaired) electrons. The SMILES string of the molecule is N#CC1CN(c2snc3ccccc23)CCO1. The van der Waals surface area contributed by atoms with Gasteiger partial charge in [-0.1, -0.05) is 12.1 Å². The molecule has 5 heteroatoms. The Labute approximate surface area is 103 Å². The van der Waals surface area contributed by atoms with Crippen LogP contribution in [0.15, 0.2) is 24.3 Å². The van der Waals surface area contributed by atoms with Gasteiger partial charge in [-0.05, 0) is 23.7 Å². The van der Waals surface area contributed by atoms with Gasteiger partial charge in [-0.15, -0.1) is 0 Å². The van der Waals surface area contributed by atoms with Crippen molar-refractivity contribution in [1.82, 2.24) is 4.37 Å². The maximum absolute atomic E-state index is 8.91. The number of morpholine rings is 1. The molecule has 17 heavy (non-hydrogen) atoms. The average Bonchev–Trinajstić information content (AvgIpc) is 2.82. The van der Waals surface area contributed by atoms with Crippen LogP contribution < -0.4 is 4.90 Å². The van der Waals surface area contributed by atoms with Crippen molar-refractivity contribution in [3.8, 4) is 6.07 Å². The number of hydrogen-bond donors (Lipinski definition) is 0. The molecule has 0 bridgehead atoms. The predicted octanol–water partition coefficient (Wildman–Crippen LogP) is 2.03. The monoisotopic (exact) mass is 245 g/mol. The molecule has 4 nitrogen and oxygen atoms in total. The Morgan fingerprint density at radius 1 is 1.47 bits per heavy atom. The minimum atomic E-state index is -0.329. The lowest BCUT2D eigenvalue weighted by atomic mass is 10.2. The third kappa shape index (κ3) is 1.86. The van der Waals surface area contributed by atoms with Crippen LogP contribution in [0.2, 0.25) is 0 Å². The van der Waals surface area contributed by atoms with Gasteiger partial charge in [0.25, 0.3) is 0 Å². The van der Waals surface area contributed by atoms with Crippen LogP contribution >= 0.6 is 11.5 Å². The molecule has 1 atom stereocenters. The summed E-state index contributed by atoms with van der Waals surface area (Å²) in [6.45, 7) is 2.05. The Morgan fingerprint density at radius 2 is 2.35 bits per heavy atom. The second kappa shape index (κ2) is 4.32. The third-order valence-corrected chi connectivity index (χ3v) is 3.80. The second-order valence-corrected chi connectivity index (χ2v) is 4.69. The summed E-state index contributed by atoms with van der Waals surface area (Å²) in [5, 5.41) is 11.2. The van der Waals surface area contributed by atoms with Crippen molar-refractivity contribution in [2.75, 3.05) is 24.6 Å². The van der Waals surface area contributed by atoms with Gasteiger partial charge in [0.05, 0.1) is 24.7 Å². The second-order valence-electron chi connectivity index (χ2n) is 3.94. The number of rotatable bonds is 1. The third-order valence-electron chi connectivity index (χ3n) is 2.86. The number of ether oxygens (including phenoxy) is 1. The molecule has 0 aliphatic carbocycles. The van der Waals surface area contributed by atoms with E-state index >= 15 is 0 Å². The smallest absolute Gasteiger partial charge is 0.161 e. The van der Waals surface area contributed by atoms with Crippen LogP contribution in [0.4, 0.5) is 5.00 Å². The highest BCUT2D eigenvalue weighted by atomic mass is 32.1. The van der Waals surface area contributed by atoms with Crippen molar-refractivity contribution in [1.29, 1.82) is 5.26 Å². The summed E-state index contributed by atoms with van der Waals surface area (Å²) >= 11 is 1.49. The molecule has 86 valence electrons. The summed E-state index contributed by atoms with van der Waals surface area (Å²) in [6.07, 6.45) is -0.329. The summed E-state index contributed by atoms with van der Waals surface area (Å²) in [7, 11) is 0. The van der Waals surface area contributed by atoms with Crippen molar-refractivity contribution >= 4 is 27.4 Å². The largest absolute Gasteiger partial charge is 0.360 e. The molecule has 1 aromatic heterocycles. The zero-order chi connectivity index (χ0) is 11.7. The Kier molecular flexibility index (Phi) is 2.67. The average molecular weight is 245 g/mol. The Balaban J connectivity index is 1.96. The number of aromatic nitrogens is 1. The van der Waals surface area contributed by atoms with Gasteiger partial charge in [-0.2, -0.15) is 9.64 Å². The van der Waals surface area contributed by atoms with Gasteiger partial charge in [0.2, 0.25) is 0 Å². The van der Waals surface area contributed by atoms with E-state index in [-0.39, 0.29) is 6.10 Å². The Bertz CT molecular complexity index is 574. The molecule has 0 amide bonds. The van der Waals surface area contributed by atoms with Crippen molar-refractivity contribution in [2.24, 2.45) is 0 Å². The molecule has 1 unspecified atom stereocenters. The number of anilines is 1. The van der Waals surface area contributed by atoms with Gasteiger partial charge in [-0.25, -0.2) is 0 Å². The molecule has 1 aliphatic heterocycles. The van der Waals surface area contributed by atoms with E-state index in [0.717, 1.165) is 22.4 Å². The van der Waals surface area contributed by atoms with Gasteiger partial charge >= 0.3 is 0 Å². The number of hydrogen-bond acceptors (Lipinski definition) is 5. The molecule has 1 aromatic carbocycles. The molecular formula is C12H11N3OS. The molecule has 1 aliphatic rings. The first-order chi connectivity index (χ1) is 8.38. The van der Waals surface area contributed by atoms with Crippen LogP contribution in [0, 0.1) is 11.3 Å². The van der Waals surface area contributed by atoms with E-state index in [4.69, 9.17) is 10.00 Å². The van der Waals surface area contributed by atoms with Crippen LogP contribution in [-0.2, 0) is 4.74 Å². The zero-order valence-electron chi connectivity index (χ0n) is 9.17. The maximum Gasteiger partial charge on any atom is 0.161 e. The molecule has 2 heterocycles. The Hall–Kier alpha value is -1.64. The minimum absolute atomic E-state index is 0.329. The van der Waals surface area contributed by atoms with Gasteiger partial charge in [-0.3, -0.25) is 0 Å². The molecule has 1 fully saturated rings. The summed E-state index contributed by atoms with van der Waals surface area (Å²) in [4.78, 5) is 2.19. The standard InChI is InChI=1S/C12H11N3OS/c13-7-9-8-15(5-6-16-9)12-10-3-1-2-4-11(10)14-17-12/h1-4,9H,5-6,8H2. The lowest BCUT2D eigenvalue weighted by Crippen LogP contribution is -2.41. The van der Waals surface area contributed by atoms with Crippen LogP contribution in [0.5, 0.6) is 0 Å². The fraction of sp³-hybridized carbons (Fsp3) is 0.333. The number of nitriles is 1. The fourth-order valence-electron chi connectivity index (χ4n) is 2.02. The number of nitrogens with zero attached hydrogens (tertiary/aromatic N) is 3. The molecule has 0 saturated carbocycles. The first kappa shape index (κ1) is 10.5. The predicted molar refractivity (Wildman–Crippen MR) is 67.2 cm³/mol. The highest BCUT2D eigenvalue weighted by Gasteiger charge is 2.22. The minimum Gasteiger partial charge on any atom is -0.360 e. The van der Waals surface area contributed by atoms with Crippen LogP contribution in [-0.4, -0.2) is 30.2 Å². The van der Waals surface area contributed by atoms with E-state index in [1.807, 2.05) is 18.2 Å². The van der Waals surface area contributed by atoms with Crippen LogP contribution in [0.1, 0.15) is 0 Å². The Morgan fingerprint density at radius 3 is 3.24 bits per heavy atom. The molecular weight excluding hydrogens is 234 g/mol. The van der Waals surface area contributed by atoms with Crippen molar-refractivity contribution in [2.45, 2.75) is 6.10 Å².